The van der Waals surface area contributed by atoms with E-state index in [0.717, 1.165) is 0 Å². The smallest absolute Gasteiger partial charge is 0.340 e. The lowest BCUT2D eigenvalue weighted by molar-refractivity contribution is -0.136. The molecular formula is C20H21NO4. The normalized spacial score (nSPS) is 11.3. The van der Waals surface area contributed by atoms with Crippen molar-refractivity contribution in [1.29, 1.82) is 0 Å². The molecule has 0 heterocycles. The Hall–Kier alpha value is -3.08. The van der Waals surface area contributed by atoms with Crippen LogP contribution in [0, 0.1) is 0 Å². The second-order valence-electron chi connectivity index (χ2n) is 5.25. The molecule has 0 aliphatic rings. The number of amides is 1. The lowest BCUT2D eigenvalue weighted by Gasteiger charge is -2.16. The van der Waals surface area contributed by atoms with Gasteiger partial charge in [-0.2, -0.15) is 0 Å². The fourth-order valence-electron chi connectivity index (χ4n) is 2.39. The second kappa shape index (κ2) is 8.68. The largest absolute Gasteiger partial charge is 0.497 e. The van der Waals surface area contributed by atoms with Gasteiger partial charge in [-0.25, -0.2) is 4.79 Å². The number of hydrogen-bond donors (Lipinski definition) is 1. The minimum absolute atomic E-state index is 0.241. The Bertz CT molecular complexity index is 764. The minimum Gasteiger partial charge on any atom is -0.497 e. The molecule has 0 fully saturated rings. The van der Waals surface area contributed by atoms with E-state index < -0.39 is 5.97 Å². The number of benzene rings is 2. The zero-order chi connectivity index (χ0) is 18.2. The highest BCUT2D eigenvalue weighted by Crippen LogP contribution is 2.27. The molecule has 2 rings (SSSR count). The monoisotopic (exact) mass is 339 g/mol. The van der Waals surface area contributed by atoms with Crippen LogP contribution in [0.4, 0.5) is 0 Å². The van der Waals surface area contributed by atoms with Crippen molar-refractivity contribution in [1.82, 2.24) is 5.32 Å². The molecule has 0 bridgehead atoms. The first-order chi connectivity index (χ1) is 12.1. The Morgan fingerprint density at radius 2 is 1.60 bits per heavy atom. The third kappa shape index (κ3) is 4.70. The first-order valence-electron chi connectivity index (χ1n) is 7.95. The molecule has 5 heteroatoms. The van der Waals surface area contributed by atoms with Gasteiger partial charge in [0.1, 0.15) is 5.75 Å². The van der Waals surface area contributed by atoms with E-state index in [2.05, 4.69) is 5.32 Å². The molecule has 0 saturated heterocycles. The number of rotatable bonds is 6. The molecule has 130 valence electrons. The average Bonchev–Trinajstić information content (AvgIpc) is 2.62. The number of nitrogens with one attached hydrogen (secondary N) is 1. The number of hydrogen-bond acceptors (Lipinski definition) is 4. The number of ether oxygens (including phenoxy) is 2. The minimum atomic E-state index is -0.492. The molecule has 0 aliphatic heterocycles. The van der Waals surface area contributed by atoms with Gasteiger partial charge >= 0.3 is 5.97 Å². The van der Waals surface area contributed by atoms with Crippen LogP contribution >= 0.6 is 0 Å². The first kappa shape index (κ1) is 18.3. The van der Waals surface area contributed by atoms with E-state index in [9.17, 15) is 9.59 Å². The van der Waals surface area contributed by atoms with Crippen molar-refractivity contribution in [2.75, 3.05) is 13.7 Å². The van der Waals surface area contributed by atoms with Crippen molar-refractivity contribution in [3.8, 4) is 5.75 Å². The maximum atomic E-state index is 12.6. The molecule has 0 saturated carbocycles. The number of carbonyl (C=O) groups is 2. The van der Waals surface area contributed by atoms with Crippen molar-refractivity contribution in [3.05, 3.63) is 65.7 Å². The van der Waals surface area contributed by atoms with Crippen LogP contribution in [-0.2, 0) is 14.3 Å². The van der Waals surface area contributed by atoms with Crippen LogP contribution in [0.25, 0.3) is 11.3 Å². The van der Waals surface area contributed by atoms with Crippen LogP contribution in [-0.4, -0.2) is 25.6 Å². The summed E-state index contributed by atoms with van der Waals surface area (Å²) in [4.78, 5) is 24.4. The summed E-state index contributed by atoms with van der Waals surface area (Å²) in [5.74, 6) is -0.0832. The summed E-state index contributed by atoms with van der Waals surface area (Å²) < 4.78 is 10.4. The molecule has 2 aromatic rings. The van der Waals surface area contributed by atoms with Gasteiger partial charge < -0.3 is 14.8 Å². The Labute approximate surface area is 147 Å². The highest BCUT2D eigenvalue weighted by atomic mass is 16.5. The first-order valence-corrected chi connectivity index (χ1v) is 7.95. The van der Waals surface area contributed by atoms with Crippen LogP contribution in [0.3, 0.4) is 0 Å². The zero-order valence-corrected chi connectivity index (χ0v) is 14.5. The van der Waals surface area contributed by atoms with Crippen molar-refractivity contribution in [2.24, 2.45) is 0 Å². The maximum Gasteiger partial charge on any atom is 0.340 e. The van der Waals surface area contributed by atoms with Crippen LogP contribution in [0.5, 0.6) is 5.75 Å². The van der Waals surface area contributed by atoms with Gasteiger partial charge in [-0.15, -0.1) is 0 Å². The van der Waals surface area contributed by atoms with E-state index in [1.807, 2.05) is 18.2 Å². The molecule has 2 aromatic carbocycles. The molecule has 0 spiro atoms. The SMILES string of the molecule is CCOC(=O)/C(=C(/NC(C)=O)c1ccc(OC)cc1)c1ccccc1. The molecule has 1 amide bonds. The average molecular weight is 339 g/mol. The fourth-order valence-corrected chi connectivity index (χ4v) is 2.39. The van der Waals surface area contributed by atoms with Gasteiger partial charge in [0.05, 0.1) is 25.0 Å². The summed E-state index contributed by atoms with van der Waals surface area (Å²) in [6.07, 6.45) is 0. The number of methoxy groups -OCH3 is 1. The Morgan fingerprint density at radius 1 is 0.960 bits per heavy atom. The number of carbonyl (C=O) groups excluding carboxylic acids is 2. The highest BCUT2D eigenvalue weighted by Gasteiger charge is 2.21. The summed E-state index contributed by atoms with van der Waals surface area (Å²) in [5, 5.41) is 2.77. The second-order valence-corrected chi connectivity index (χ2v) is 5.25. The predicted octanol–water partition coefficient (Wildman–Crippen LogP) is 3.26. The quantitative estimate of drug-likeness (QED) is 0.498. The Balaban J connectivity index is 2.67. The van der Waals surface area contributed by atoms with Gasteiger partial charge in [0.2, 0.25) is 5.91 Å². The van der Waals surface area contributed by atoms with E-state index in [1.54, 1.807) is 50.4 Å². The summed E-state index contributed by atoms with van der Waals surface area (Å²) >= 11 is 0. The fraction of sp³-hybridized carbons (Fsp3) is 0.200. The van der Waals surface area contributed by atoms with Crippen molar-refractivity contribution >= 4 is 23.1 Å². The molecule has 0 aromatic heterocycles. The Kier molecular flexibility index (Phi) is 6.34. The summed E-state index contributed by atoms with van der Waals surface area (Å²) in [6.45, 7) is 3.38. The van der Waals surface area contributed by atoms with E-state index in [0.29, 0.717) is 28.1 Å². The van der Waals surface area contributed by atoms with Crippen LogP contribution in [0.15, 0.2) is 54.6 Å². The third-order valence-electron chi connectivity index (χ3n) is 3.47. The van der Waals surface area contributed by atoms with Crippen LogP contribution < -0.4 is 10.1 Å². The molecule has 0 radical (unpaired) electrons. The van der Waals surface area contributed by atoms with Crippen molar-refractivity contribution in [2.45, 2.75) is 13.8 Å². The molecule has 25 heavy (non-hydrogen) atoms. The van der Waals surface area contributed by atoms with Gasteiger partial charge in [-0.3, -0.25) is 4.79 Å². The molecule has 0 aliphatic carbocycles. The standard InChI is InChI=1S/C20H21NO4/c1-4-25-20(23)18(15-8-6-5-7-9-15)19(21-14(2)22)16-10-12-17(24-3)13-11-16/h5-13H,4H2,1-3H3,(H,21,22)/b19-18+. The van der Waals surface area contributed by atoms with Gasteiger partial charge in [-0.05, 0) is 42.3 Å². The molecule has 5 nitrogen and oxygen atoms in total. The van der Waals surface area contributed by atoms with Gasteiger partial charge in [-0.1, -0.05) is 30.3 Å². The van der Waals surface area contributed by atoms with Gasteiger partial charge in [0.15, 0.2) is 0 Å². The third-order valence-corrected chi connectivity index (χ3v) is 3.47. The highest BCUT2D eigenvalue weighted by molar-refractivity contribution is 6.25. The molecule has 0 unspecified atom stereocenters. The lowest BCUT2D eigenvalue weighted by atomic mass is 9.99. The molecule has 1 N–H and O–H groups in total. The summed E-state index contributed by atoms with van der Waals surface area (Å²) in [6, 6.07) is 16.2. The molecule has 0 atom stereocenters. The predicted molar refractivity (Wildman–Crippen MR) is 96.7 cm³/mol. The van der Waals surface area contributed by atoms with E-state index >= 15 is 0 Å². The van der Waals surface area contributed by atoms with E-state index in [1.165, 1.54) is 6.92 Å². The van der Waals surface area contributed by atoms with Gasteiger partial charge in [0.25, 0.3) is 0 Å². The van der Waals surface area contributed by atoms with Crippen LogP contribution in [0.2, 0.25) is 0 Å². The van der Waals surface area contributed by atoms with Gasteiger partial charge in [0, 0.05) is 6.92 Å². The van der Waals surface area contributed by atoms with E-state index in [4.69, 9.17) is 9.47 Å². The van der Waals surface area contributed by atoms with Crippen LogP contribution in [0.1, 0.15) is 25.0 Å². The lowest BCUT2D eigenvalue weighted by Crippen LogP contribution is -2.22. The number of esters is 1. The Morgan fingerprint density at radius 3 is 2.12 bits per heavy atom. The van der Waals surface area contributed by atoms with Crippen molar-refractivity contribution in [3.63, 3.8) is 0 Å². The van der Waals surface area contributed by atoms with E-state index in [-0.39, 0.29) is 12.5 Å². The summed E-state index contributed by atoms with van der Waals surface area (Å²) in [7, 11) is 1.58. The van der Waals surface area contributed by atoms with Crippen molar-refractivity contribution < 1.29 is 19.1 Å². The maximum absolute atomic E-state index is 12.6. The summed E-state index contributed by atoms with van der Waals surface area (Å²) in [5.41, 5.74) is 2.06. The molecular weight excluding hydrogens is 318 g/mol. The topological polar surface area (TPSA) is 64.6 Å². The zero-order valence-electron chi connectivity index (χ0n) is 14.5.